The monoisotopic (exact) mass is 271 g/mol. The molecule has 2 aromatic rings. The van der Waals surface area contributed by atoms with Gasteiger partial charge in [0.1, 0.15) is 11.5 Å². The molecule has 0 aromatic carbocycles. The second-order valence-electron chi connectivity index (χ2n) is 5.10. The summed E-state index contributed by atoms with van der Waals surface area (Å²) in [5.74, 6) is 0.759. The summed E-state index contributed by atoms with van der Waals surface area (Å²) in [5.41, 5.74) is 3.12. The van der Waals surface area contributed by atoms with Crippen LogP contribution in [0.15, 0.2) is 24.4 Å². The minimum atomic E-state index is 0.268. The van der Waals surface area contributed by atoms with Crippen LogP contribution >= 0.6 is 0 Å². The highest BCUT2D eigenvalue weighted by Gasteiger charge is 2.12. The number of hydrogen-bond donors (Lipinski definition) is 2. The van der Waals surface area contributed by atoms with Gasteiger partial charge in [0.25, 0.3) is 0 Å². The fourth-order valence-corrected chi connectivity index (χ4v) is 1.97. The number of anilines is 1. The summed E-state index contributed by atoms with van der Waals surface area (Å²) in [4.78, 5) is 4.64. The molecular weight excluding hydrogens is 250 g/mol. The van der Waals surface area contributed by atoms with Crippen LogP contribution in [0.5, 0.6) is 0 Å². The summed E-state index contributed by atoms with van der Waals surface area (Å²) in [6, 6.07) is 6.08. The second kappa shape index (κ2) is 5.86. The first-order chi connectivity index (χ1) is 9.51. The van der Waals surface area contributed by atoms with E-state index in [1.807, 2.05) is 38.4 Å². The summed E-state index contributed by atoms with van der Waals surface area (Å²) in [6.45, 7) is 6.11. The Hall–Kier alpha value is -2.17. The van der Waals surface area contributed by atoms with Gasteiger partial charge in [-0.3, -0.25) is 4.68 Å². The Kier molecular flexibility index (Phi) is 4.17. The molecule has 5 heteroatoms. The molecule has 0 bridgehead atoms. The fraction of sp³-hybridized carbons (Fsp3) is 0.400. The molecule has 0 saturated carbocycles. The number of nitrogens with one attached hydrogen (secondary N) is 2. The molecular formula is C15H21N5. The van der Waals surface area contributed by atoms with Gasteiger partial charge in [-0.1, -0.05) is 6.92 Å². The average molecular weight is 271 g/mol. The van der Waals surface area contributed by atoms with E-state index in [2.05, 4.69) is 29.2 Å². The van der Waals surface area contributed by atoms with Crippen LogP contribution in [0.4, 0.5) is 5.82 Å². The lowest BCUT2D eigenvalue weighted by Crippen LogP contribution is -2.15. The van der Waals surface area contributed by atoms with Crippen molar-refractivity contribution in [2.45, 2.75) is 33.2 Å². The van der Waals surface area contributed by atoms with Crippen LogP contribution < -0.4 is 5.32 Å². The van der Waals surface area contributed by atoms with E-state index in [0.717, 1.165) is 22.8 Å². The summed E-state index contributed by atoms with van der Waals surface area (Å²) < 4.78 is 1.76. The largest absolute Gasteiger partial charge is 0.367 e. The molecule has 2 aromatic heterocycles. The Morgan fingerprint density at radius 2 is 2.05 bits per heavy atom. The average Bonchev–Trinajstić information content (AvgIpc) is 2.84. The van der Waals surface area contributed by atoms with Gasteiger partial charge in [0.05, 0.1) is 5.69 Å². The molecule has 2 rings (SSSR count). The van der Waals surface area contributed by atoms with Gasteiger partial charge in [0.15, 0.2) is 0 Å². The standard InChI is InChI=1S/C15H21N5/c1-5-12(16)11-6-7-13(14-8-9-20(4)19-14)18-15(11)17-10(2)3/h6-10,16H,5H2,1-4H3,(H,17,18). The van der Waals surface area contributed by atoms with E-state index in [1.165, 1.54) is 0 Å². The van der Waals surface area contributed by atoms with Gasteiger partial charge in [0.2, 0.25) is 0 Å². The highest BCUT2D eigenvalue weighted by Crippen LogP contribution is 2.22. The molecule has 0 amide bonds. The Morgan fingerprint density at radius 1 is 1.30 bits per heavy atom. The lowest BCUT2D eigenvalue weighted by Gasteiger charge is -2.15. The van der Waals surface area contributed by atoms with Gasteiger partial charge in [-0.25, -0.2) is 4.98 Å². The predicted molar refractivity (Wildman–Crippen MR) is 82.3 cm³/mol. The van der Waals surface area contributed by atoms with Crippen molar-refractivity contribution in [3.8, 4) is 11.4 Å². The lowest BCUT2D eigenvalue weighted by molar-refractivity contribution is 0.770. The molecule has 0 aliphatic heterocycles. The van der Waals surface area contributed by atoms with E-state index in [0.29, 0.717) is 12.1 Å². The van der Waals surface area contributed by atoms with E-state index in [9.17, 15) is 0 Å². The second-order valence-corrected chi connectivity index (χ2v) is 5.10. The fourth-order valence-electron chi connectivity index (χ4n) is 1.97. The first-order valence-corrected chi connectivity index (χ1v) is 6.86. The summed E-state index contributed by atoms with van der Waals surface area (Å²) >= 11 is 0. The van der Waals surface area contributed by atoms with Gasteiger partial charge in [0, 0.05) is 30.6 Å². The predicted octanol–water partition coefficient (Wildman–Crippen LogP) is 3.08. The quantitative estimate of drug-likeness (QED) is 0.821. The van der Waals surface area contributed by atoms with Crippen molar-refractivity contribution >= 4 is 11.5 Å². The number of hydrogen-bond acceptors (Lipinski definition) is 4. The minimum absolute atomic E-state index is 0.268. The zero-order chi connectivity index (χ0) is 14.7. The third-order valence-corrected chi connectivity index (χ3v) is 2.98. The third-order valence-electron chi connectivity index (χ3n) is 2.98. The van der Waals surface area contributed by atoms with E-state index >= 15 is 0 Å². The zero-order valence-electron chi connectivity index (χ0n) is 12.4. The van der Waals surface area contributed by atoms with E-state index in [-0.39, 0.29) is 6.04 Å². The molecule has 5 nitrogen and oxygen atoms in total. The normalized spacial score (nSPS) is 10.8. The highest BCUT2D eigenvalue weighted by atomic mass is 15.2. The smallest absolute Gasteiger partial charge is 0.136 e. The molecule has 0 radical (unpaired) electrons. The number of rotatable bonds is 5. The SMILES string of the molecule is CCC(=N)c1ccc(-c2ccn(C)n2)nc1NC(C)C. The van der Waals surface area contributed by atoms with Crippen molar-refractivity contribution in [3.05, 3.63) is 30.0 Å². The first kappa shape index (κ1) is 14.2. The molecule has 0 aliphatic rings. The highest BCUT2D eigenvalue weighted by molar-refractivity contribution is 6.02. The molecule has 106 valence electrons. The van der Waals surface area contributed by atoms with E-state index in [4.69, 9.17) is 5.41 Å². The van der Waals surface area contributed by atoms with Crippen LogP contribution in [0.3, 0.4) is 0 Å². The topological polar surface area (TPSA) is 66.6 Å². The molecule has 2 heterocycles. The van der Waals surface area contributed by atoms with Crippen LogP contribution in [0.25, 0.3) is 11.4 Å². The molecule has 0 fully saturated rings. The van der Waals surface area contributed by atoms with Crippen molar-refractivity contribution in [2.75, 3.05) is 5.32 Å². The molecule has 20 heavy (non-hydrogen) atoms. The number of aromatic nitrogens is 3. The van der Waals surface area contributed by atoms with Crippen LogP contribution in [0, 0.1) is 5.41 Å². The molecule has 0 unspecified atom stereocenters. The van der Waals surface area contributed by atoms with Gasteiger partial charge in [-0.15, -0.1) is 0 Å². The minimum Gasteiger partial charge on any atom is -0.367 e. The maximum absolute atomic E-state index is 8.04. The number of pyridine rings is 1. The Morgan fingerprint density at radius 3 is 2.60 bits per heavy atom. The van der Waals surface area contributed by atoms with Crippen molar-refractivity contribution in [1.82, 2.24) is 14.8 Å². The Bertz CT molecular complexity index is 612. The Balaban J connectivity index is 2.45. The maximum Gasteiger partial charge on any atom is 0.136 e. The van der Waals surface area contributed by atoms with Gasteiger partial charge in [-0.2, -0.15) is 5.10 Å². The maximum atomic E-state index is 8.04. The van der Waals surface area contributed by atoms with E-state index in [1.54, 1.807) is 4.68 Å². The van der Waals surface area contributed by atoms with Crippen molar-refractivity contribution in [1.29, 1.82) is 5.41 Å². The lowest BCUT2D eigenvalue weighted by atomic mass is 10.1. The third kappa shape index (κ3) is 3.04. The van der Waals surface area contributed by atoms with Crippen molar-refractivity contribution in [3.63, 3.8) is 0 Å². The van der Waals surface area contributed by atoms with Gasteiger partial charge in [-0.05, 0) is 38.5 Å². The van der Waals surface area contributed by atoms with Gasteiger partial charge >= 0.3 is 0 Å². The van der Waals surface area contributed by atoms with Crippen LogP contribution in [-0.2, 0) is 7.05 Å². The summed E-state index contributed by atoms with van der Waals surface area (Å²) in [7, 11) is 1.89. The molecule has 0 atom stereocenters. The van der Waals surface area contributed by atoms with Crippen molar-refractivity contribution < 1.29 is 0 Å². The first-order valence-electron chi connectivity index (χ1n) is 6.86. The molecule has 0 saturated heterocycles. The van der Waals surface area contributed by atoms with Crippen LogP contribution in [0.2, 0.25) is 0 Å². The molecule has 0 spiro atoms. The Labute approximate surface area is 119 Å². The van der Waals surface area contributed by atoms with Crippen molar-refractivity contribution in [2.24, 2.45) is 7.05 Å². The molecule has 0 aliphatic carbocycles. The summed E-state index contributed by atoms with van der Waals surface area (Å²) in [6.07, 6.45) is 2.59. The van der Waals surface area contributed by atoms with E-state index < -0.39 is 0 Å². The molecule has 2 N–H and O–H groups in total. The van der Waals surface area contributed by atoms with Crippen LogP contribution in [-0.4, -0.2) is 26.5 Å². The van der Waals surface area contributed by atoms with Gasteiger partial charge < -0.3 is 10.7 Å². The zero-order valence-corrected chi connectivity index (χ0v) is 12.4. The number of nitrogens with zero attached hydrogens (tertiary/aromatic N) is 3. The summed E-state index contributed by atoms with van der Waals surface area (Å²) in [5, 5.41) is 15.7. The number of aryl methyl sites for hydroxylation is 1. The van der Waals surface area contributed by atoms with Crippen LogP contribution in [0.1, 0.15) is 32.8 Å².